The highest BCUT2D eigenvalue weighted by atomic mass is 16.5. The Morgan fingerprint density at radius 2 is 1.84 bits per heavy atom. The van der Waals surface area contributed by atoms with Crippen molar-refractivity contribution in [1.82, 2.24) is 4.90 Å². The van der Waals surface area contributed by atoms with Gasteiger partial charge in [-0.25, -0.2) is 0 Å². The Hall–Kier alpha value is -3.02. The summed E-state index contributed by atoms with van der Waals surface area (Å²) in [7, 11) is 1.42. The van der Waals surface area contributed by atoms with E-state index in [1.807, 2.05) is 31.2 Å². The number of rotatable bonds is 3. The summed E-state index contributed by atoms with van der Waals surface area (Å²) in [6.07, 6.45) is 0. The minimum absolute atomic E-state index is 0.0244. The Labute approximate surface area is 146 Å². The summed E-state index contributed by atoms with van der Waals surface area (Å²) in [6.45, 7) is 2.78. The lowest BCUT2D eigenvalue weighted by molar-refractivity contribution is -0.120. The number of hydrogen-bond donors (Lipinski definition) is 1. The van der Waals surface area contributed by atoms with E-state index in [-0.39, 0.29) is 35.4 Å². The SMILES string of the molecule is COc1cccc(C(=O)N2CCN(c3ccc(C)cc3)C(=O)C2)c1O. The molecule has 0 spiro atoms. The van der Waals surface area contributed by atoms with Gasteiger partial charge in [-0.1, -0.05) is 23.8 Å². The molecule has 0 aromatic heterocycles. The number of hydrogen-bond acceptors (Lipinski definition) is 4. The van der Waals surface area contributed by atoms with Gasteiger partial charge in [0.05, 0.1) is 12.7 Å². The monoisotopic (exact) mass is 340 g/mol. The van der Waals surface area contributed by atoms with Gasteiger partial charge in [0.1, 0.15) is 6.54 Å². The summed E-state index contributed by atoms with van der Waals surface area (Å²) < 4.78 is 5.03. The van der Waals surface area contributed by atoms with Crippen LogP contribution in [0, 0.1) is 6.92 Å². The Morgan fingerprint density at radius 1 is 1.12 bits per heavy atom. The predicted octanol–water partition coefficient (Wildman–Crippen LogP) is 2.20. The number of aryl methyl sites for hydroxylation is 1. The molecule has 1 fully saturated rings. The maximum atomic E-state index is 12.7. The lowest BCUT2D eigenvalue weighted by atomic mass is 10.1. The number of benzene rings is 2. The van der Waals surface area contributed by atoms with Gasteiger partial charge in [0, 0.05) is 18.8 Å². The molecule has 0 atom stereocenters. The van der Waals surface area contributed by atoms with Crippen LogP contribution < -0.4 is 9.64 Å². The van der Waals surface area contributed by atoms with Crippen LogP contribution in [0.1, 0.15) is 15.9 Å². The summed E-state index contributed by atoms with van der Waals surface area (Å²) in [5.74, 6) is -0.502. The van der Waals surface area contributed by atoms with E-state index in [2.05, 4.69) is 0 Å². The van der Waals surface area contributed by atoms with E-state index < -0.39 is 0 Å². The maximum Gasteiger partial charge on any atom is 0.258 e. The summed E-state index contributed by atoms with van der Waals surface area (Å²) in [5.41, 5.74) is 2.08. The van der Waals surface area contributed by atoms with Crippen LogP contribution in [0.25, 0.3) is 0 Å². The fourth-order valence-electron chi connectivity index (χ4n) is 2.87. The molecular formula is C19H20N2O4. The molecule has 0 radical (unpaired) electrons. The molecule has 0 bridgehead atoms. The molecule has 25 heavy (non-hydrogen) atoms. The van der Waals surface area contributed by atoms with Gasteiger partial charge in [-0.15, -0.1) is 0 Å². The lowest BCUT2D eigenvalue weighted by Gasteiger charge is -2.34. The fourth-order valence-corrected chi connectivity index (χ4v) is 2.87. The number of para-hydroxylation sites is 1. The molecule has 1 heterocycles. The second kappa shape index (κ2) is 6.84. The van der Waals surface area contributed by atoms with Crippen molar-refractivity contribution in [3.05, 3.63) is 53.6 Å². The van der Waals surface area contributed by atoms with Crippen molar-refractivity contribution >= 4 is 17.5 Å². The summed E-state index contributed by atoms with van der Waals surface area (Å²) in [5, 5.41) is 10.1. The highest BCUT2D eigenvalue weighted by Crippen LogP contribution is 2.30. The van der Waals surface area contributed by atoms with Gasteiger partial charge in [0.25, 0.3) is 5.91 Å². The highest BCUT2D eigenvalue weighted by Gasteiger charge is 2.30. The summed E-state index contributed by atoms with van der Waals surface area (Å²) >= 11 is 0. The first-order valence-electron chi connectivity index (χ1n) is 8.03. The number of amides is 2. The molecule has 2 amide bonds. The van der Waals surface area contributed by atoms with Crippen LogP contribution in [0.15, 0.2) is 42.5 Å². The molecule has 2 aromatic carbocycles. The number of ether oxygens (including phenoxy) is 1. The Bertz CT molecular complexity index is 802. The molecule has 0 saturated carbocycles. The Morgan fingerprint density at radius 3 is 2.48 bits per heavy atom. The van der Waals surface area contributed by atoms with Gasteiger partial charge >= 0.3 is 0 Å². The number of carbonyl (C=O) groups is 2. The number of phenols is 1. The zero-order valence-corrected chi connectivity index (χ0v) is 14.2. The van der Waals surface area contributed by atoms with Crippen LogP contribution in [0.3, 0.4) is 0 Å². The average Bonchev–Trinajstić information content (AvgIpc) is 2.62. The number of nitrogens with zero attached hydrogens (tertiary/aromatic N) is 2. The fraction of sp³-hybridized carbons (Fsp3) is 0.263. The predicted molar refractivity (Wildman–Crippen MR) is 94.1 cm³/mol. The third-order valence-corrected chi connectivity index (χ3v) is 4.30. The molecule has 6 heteroatoms. The first-order valence-corrected chi connectivity index (χ1v) is 8.03. The second-order valence-electron chi connectivity index (χ2n) is 5.96. The zero-order chi connectivity index (χ0) is 18.0. The maximum absolute atomic E-state index is 12.7. The largest absolute Gasteiger partial charge is 0.504 e. The number of anilines is 1. The standard InChI is InChI=1S/C19H20N2O4/c1-13-6-8-14(9-7-13)21-11-10-20(12-17(21)22)19(24)15-4-3-5-16(25-2)18(15)23/h3-9,23H,10-12H2,1-2H3. The third kappa shape index (κ3) is 3.28. The van der Waals surface area contributed by atoms with E-state index >= 15 is 0 Å². The Kier molecular flexibility index (Phi) is 4.61. The topological polar surface area (TPSA) is 70.1 Å². The third-order valence-electron chi connectivity index (χ3n) is 4.30. The first-order chi connectivity index (χ1) is 12.0. The molecule has 130 valence electrons. The minimum Gasteiger partial charge on any atom is -0.504 e. The normalized spacial score (nSPS) is 14.6. The van der Waals surface area contributed by atoms with Crippen molar-refractivity contribution in [3.63, 3.8) is 0 Å². The zero-order valence-electron chi connectivity index (χ0n) is 14.2. The average molecular weight is 340 g/mol. The quantitative estimate of drug-likeness (QED) is 0.930. The molecule has 2 aromatic rings. The van der Waals surface area contributed by atoms with Crippen molar-refractivity contribution in [2.24, 2.45) is 0 Å². The second-order valence-corrected chi connectivity index (χ2v) is 5.96. The molecule has 6 nitrogen and oxygen atoms in total. The van der Waals surface area contributed by atoms with Crippen LogP contribution >= 0.6 is 0 Å². The van der Waals surface area contributed by atoms with Crippen LogP contribution in [-0.4, -0.2) is 48.6 Å². The van der Waals surface area contributed by atoms with E-state index in [0.717, 1.165) is 11.3 Å². The number of methoxy groups -OCH3 is 1. The van der Waals surface area contributed by atoms with E-state index in [4.69, 9.17) is 4.74 Å². The molecule has 1 aliphatic rings. The van der Waals surface area contributed by atoms with E-state index in [9.17, 15) is 14.7 Å². The van der Waals surface area contributed by atoms with Crippen LogP contribution in [0.4, 0.5) is 5.69 Å². The number of aromatic hydroxyl groups is 1. The first kappa shape index (κ1) is 16.8. The minimum atomic E-state index is -0.381. The summed E-state index contributed by atoms with van der Waals surface area (Å²) in [6, 6.07) is 12.4. The van der Waals surface area contributed by atoms with Crippen LogP contribution in [0.5, 0.6) is 11.5 Å². The molecule has 3 rings (SSSR count). The number of carbonyl (C=O) groups excluding carboxylic acids is 2. The summed E-state index contributed by atoms with van der Waals surface area (Å²) in [4.78, 5) is 28.3. The van der Waals surface area contributed by atoms with Crippen LogP contribution in [0.2, 0.25) is 0 Å². The van der Waals surface area contributed by atoms with Crippen molar-refractivity contribution in [2.45, 2.75) is 6.92 Å². The van der Waals surface area contributed by atoms with Crippen molar-refractivity contribution in [1.29, 1.82) is 0 Å². The highest BCUT2D eigenvalue weighted by molar-refractivity contribution is 6.03. The van der Waals surface area contributed by atoms with Gasteiger partial charge in [-0.05, 0) is 31.2 Å². The number of piperazine rings is 1. The molecule has 1 aliphatic heterocycles. The molecule has 0 unspecified atom stereocenters. The smallest absolute Gasteiger partial charge is 0.258 e. The number of phenolic OH excluding ortho intramolecular Hbond substituents is 1. The van der Waals surface area contributed by atoms with Crippen LogP contribution in [-0.2, 0) is 4.79 Å². The van der Waals surface area contributed by atoms with E-state index in [0.29, 0.717) is 13.1 Å². The van der Waals surface area contributed by atoms with E-state index in [1.165, 1.54) is 18.1 Å². The molecular weight excluding hydrogens is 320 g/mol. The Balaban J connectivity index is 1.76. The van der Waals surface area contributed by atoms with Crippen molar-refractivity contribution in [3.8, 4) is 11.5 Å². The molecule has 1 N–H and O–H groups in total. The molecule has 0 aliphatic carbocycles. The van der Waals surface area contributed by atoms with Gasteiger partial charge in [-0.2, -0.15) is 0 Å². The van der Waals surface area contributed by atoms with Gasteiger partial charge < -0.3 is 19.6 Å². The van der Waals surface area contributed by atoms with Crippen molar-refractivity contribution < 1.29 is 19.4 Å². The molecule has 1 saturated heterocycles. The lowest BCUT2D eigenvalue weighted by Crippen LogP contribution is -2.52. The van der Waals surface area contributed by atoms with Gasteiger partial charge in [-0.3, -0.25) is 9.59 Å². The van der Waals surface area contributed by atoms with Crippen molar-refractivity contribution in [2.75, 3.05) is 31.6 Å². The van der Waals surface area contributed by atoms with E-state index in [1.54, 1.807) is 17.0 Å². The van der Waals surface area contributed by atoms with Gasteiger partial charge in [0.15, 0.2) is 11.5 Å². The van der Waals surface area contributed by atoms with Gasteiger partial charge in [0.2, 0.25) is 5.91 Å².